The third-order valence-electron chi connectivity index (χ3n) is 3.03. The number of aromatic amines is 1. The summed E-state index contributed by atoms with van der Waals surface area (Å²) >= 11 is 1.56. The van der Waals surface area contributed by atoms with Crippen molar-refractivity contribution in [1.82, 2.24) is 15.3 Å². The summed E-state index contributed by atoms with van der Waals surface area (Å²) in [7, 11) is 0. The summed E-state index contributed by atoms with van der Waals surface area (Å²) in [5.74, 6) is -0.0935. The van der Waals surface area contributed by atoms with E-state index in [4.69, 9.17) is 0 Å². The van der Waals surface area contributed by atoms with Crippen LogP contribution in [0.4, 0.5) is 0 Å². The minimum atomic E-state index is -0.0935. The summed E-state index contributed by atoms with van der Waals surface area (Å²) in [5.41, 5.74) is 4.33. The summed E-state index contributed by atoms with van der Waals surface area (Å²) in [6.07, 6.45) is 0. The second kappa shape index (κ2) is 4.85. The number of amides is 1. The zero-order valence-corrected chi connectivity index (χ0v) is 11.3. The van der Waals surface area contributed by atoms with Gasteiger partial charge >= 0.3 is 0 Å². The predicted octanol–water partition coefficient (Wildman–Crippen LogP) is 2.86. The van der Waals surface area contributed by atoms with Crippen LogP contribution < -0.4 is 5.32 Å². The molecular weight excluding hydrogens is 258 g/mol. The minimum Gasteiger partial charge on any atom is -0.351 e. The molecule has 0 radical (unpaired) electrons. The lowest BCUT2D eigenvalue weighted by Gasteiger charge is -2.02. The van der Waals surface area contributed by atoms with Crippen molar-refractivity contribution in [3.63, 3.8) is 0 Å². The fraction of sp³-hybridized carbons (Fsp3) is 0.143. The summed E-state index contributed by atoms with van der Waals surface area (Å²) in [6.45, 7) is 2.46. The number of hydrogen-bond donors (Lipinski definition) is 2. The van der Waals surface area contributed by atoms with Gasteiger partial charge in [0.1, 0.15) is 5.69 Å². The molecule has 19 heavy (non-hydrogen) atoms. The number of aromatic nitrogens is 2. The van der Waals surface area contributed by atoms with Crippen LogP contribution in [-0.4, -0.2) is 15.9 Å². The molecule has 0 aliphatic carbocycles. The monoisotopic (exact) mass is 271 g/mol. The van der Waals surface area contributed by atoms with Gasteiger partial charge in [-0.25, -0.2) is 4.98 Å². The molecule has 3 aromatic rings. The number of benzene rings is 1. The van der Waals surface area contributed by atoms with Gasteiger partial charge in [0.05, 0.1) is 17.7 Å². The molecule has 0 aliphatic heterocycles. The zero-order chi connectivity index (χ0) is 13.2. The van der Waals surface area contributed by atoms with E-state index >= 15 is 0 Å². The molecule has 0 atom stereocenters. The Balaban J connectivity index is 1.75. The van der Waals surface area contributed by atoms with Gasteiger partial charge in [0.2, 0.25) is 0 Å². The van der Waals surface area contributed by atoms with Crippen LogP contribution in [0.25, 0.3) is 10.9 Å². The van der Waals surface area contributed by atoms with E-state index in [9.17, 15) is 4.79 Å². The van der Waals surface area contributed by atoms with Crippen LogP contribution >= 0.6 is 11.3 Å². The van der Waals surface area contributed by atoms with Gasteiger partial charge in [0.25, 0.3) is 5.91 Å². The minimum absolute atomic E-state index is 0.0935. The van der Waals surface area contributed by atoms with Crippen molar-refractivity contribution in [2.75, 3.05) is 0 Å². The smallest absolute Gasteiger partial charge is 0.268 e. The van der Waals surface area contributed by atoms with E-state index in [1.165, 1.54) is 0 Å². The van der Waals surface area contributed by atoms with Crippen molar-refractivity contribution in [3.8, 4) is 0 Å². The Hall–Kier alpha value is -2.14. The molecule has 1 amide bonds. The van der Waals surface area contributed by atoms with Gasteiger partial charge in [-0.2, -0.15) is 0 Å². The van der Waals surface area contributed by atoms with Crippen LogP contribution in [0, 0.1) is 6.92 Å². The maximum Gasteiger partial charge on any atom is 0.268 e. The van der Waals surface area contributed by atoms with Crippen molar-refractivity contribution in [2.45, 2.75) is 13.5 Å². The lowest BCUT2D eigenvalue weighted by atomic mass is 10.2. The summed E-state index contributed by atoms with van der Waals surface area (Å²) in [5, 5.41) is 3.95. The summed E-state index contributed by atoms with van der Waals surface area (Å²) in [4.78, 5) is 20.4. The first-order valence-corrected chi connectivity index (χ1v) is 6.87. The molecule has 4 nitrogen and oxygen atoms in total. The highest BCUT2D eigenvalue weighted by Crippen LogP contribution is 2.15. The van der Waals surface area contributed by atoms with Gasteiger partial charge < -0.3 is 10.3 Å². The average Bonchev–Trinajstić information content (AvgIpc) is 3.01. The molecule has 0 saturated carbocycles. The second-order valence-corrected chi connectivity index (χ2v) is 5.25. The van der Waals surface area contributed by atoms with Crippen LogP contribution in [0.1, 0.15) is 21.1 Å². The molecule has 2 aromatic heterocycles. The molecule has 1 aromatic carbocycles. The van der Waals surface area contributed by atoms with Crippen molar-refractivity contribution < 1.29 is 4.79 Å². The fourth-order valence-corrected chi connectivity index (χ4v) is 2.66. The number of carbonyl (C=O) groups is 1. The third kappa shape index (κ3) is 2.37. The van der Waals surface area contributed by atoms with Crippen molar-refractivity contribution >= 4 is 28.1 Å². The number of carbonyl (C=O) groups excluding carboxylic acids is 1. The number of hydrogen-bond acceptors (Lipinski definition) is 3. The molecule has 0 bridgehead atoms. The molecule has 0 unspecified atom stereocenters. The molecule has 0 fully saturated rings. The number of fused-ring (bicyclic) bond motifs is 1. The molecule has 0 spiro atoms. The SMILES string of the molecule is Cc1ncsc1CNC(=O)c1cc2ccccc2[nH]1. The molecule has 96 valence electrons. The molecule has 5 heteroatoms. The predicted molar refractivity (Wildman–Crippen MR) is 76.3 cm³/mol. The van der Waals surface area contributed by atoms with Crippen LogP contribution in [0.15, 0.2) is 35.8 Å². The molecule has 0 saturated heterocycles. The molecular formula is C14H13N3OS. The standard InChI is InChI=1S/C14H13N3OS/c1-9-13(19-8-16-9)7-15-14(18)12-6-10-4-2-3-5-11(10)17-12/h2-6,8,17H,7H2,1H3,(H,15,18). The third-order valence-corrected chi connectivity index (χ3v) is 3.96. The van der Waals surface area contributed by atoms with E-state index in [1.807, 2.05) is 37.3 Å². The van der Waals surface area contributed by atoms with Crippen LogP contribution in [-0.2, 0) is 6.54 Å². The number of rotatable bonds is 3. The van der Waals surface area contributed by atoms with Gasteiger partial charge in [-0.1, -0.05) is 18.2 Å². The quantitative estimate of drug-likeness (QED) is 0.769. The molecule has 0 aliphatic rings. The number of aryl methyl sites for hydroxylation is 1. The van der Waals surface area contributed by atoms with E-state index < -0.39 is 0 Å². The first-order chi connectivity index (χ1) is 9.24. The lowest BCUT2D eigenvalue weighted by molar-refractivity contribution is 0.0947. The highest BCUT2D eigenvalue weighted by Gasteiger charge is 2.10. The van der Waals surface area contributed by atoms with Gasteiger partial charge in [0, 0.05) is 15.8 Å². The van der Waals surface area contributed by atoms with Crippen LogP contribution in [0.5, 0.6) is 0 Å². The van der Waals surface area contributed by atoms with E-state index in [1.54, 1.807) is 16.8 Å². The topological polar surface area (TPSA) is 57.8 Å². The van der Waals surface area contributed by atoms with Gasteiger partial charge in [0.15, 0.2) is 0 Å². The number of para-hydroxylation sites is 1. The number of H-pyrrole nitrogens is 1. The summed E-state index contributed by atoms with van der Waals surface area (Å²) in [6, 6.07) is 9.71. The Morgan fingerprint density at radius 1 is 1.42 bits per heavy atom. The highest BCUT2D eigenvalue weighted by atomic mass is 32.1. The normalized spacial score (nSPS) is 10.8. The molecule has 2 N–H and O–H groups in total. The first-order valence-electron chi connectivity index (χ1n) is 5.99. The van der Waals surface area contributed by atoms with Gasteiger partial charge in [-0.05, 0) is 19.1 Å². The Labute approximate surface area is 114 Å². The number of nitrogens with zero attached hydrogens (tertiary/aromatic N) is 1. The first kappa shape index (κ1) is 11.9. The Kier molecular flexibility index (Phi) is 3.05. The summed E-state index contributed by atoms with van der Waals surface area (Å²) < 4.78 is 0. The van der Waals surface area contributed by atoms with Gasteiger partial charge in [-0.15, -0.1) is 11.3 Å². The Morgan fingerprint density at radius 3 is 3.00 bits per heavy atom. The van der Waals surface area contributed by atoms with Crippen molar-refractivity contribution in [3.05, 3.63) is 52.1 Å². The van der Waals surface area contributed by atoms with E-state index in [0.29, 0.717) is 12.2 Å². The van der Waals surface area contributed by atoms with Crippen molar-refractivity contribution in [2.24, 2.45) is 0 Å². The second-order valence-electron chi connectivity index (χ2n) is 4.31. The maximum atomic E-state index is 12.1. The number of thiazole rings is 1. The Bertz CT molecular complexity index is 696. The highest BCUT2D eigenvalue weighted by molar-refractivity contribution is 7.09. The molecule has 3 rings (SSSR count). The fourth-order valence-electron chi connectivity index (χ4n) is 1.95. The Morgan fingerprint density at radius 2 is 2.26 bits per heavy atom. The van der Waals surface area contributed by atoms with Crippen LogP contribution in [0.3, 0.4) is 0 Å². The zero-order valence-electron chi connectivity index (χ0n) is 10.4. The molecule has 2 heterocycles. The van der Waals surface area contributed by atoms with Crippen molar-refractivity contribution in [1.29, 1.82) is 0 Å². The van der Waals surface area contributed by atoms with E-state index in [-0.39, 0.29) is 5.91 Å². The largest absolute Gasteiger partial charge is 0.351 e. The van der Waals surface area contributed by atoms with E-state index in [2.05, 4.69) is 15.3 Å². The van der Waals surface area contributed by atoms with E-state index in [0.717, 1.165) is 21.5 Å². The number of nitrogens with one attached hydrogen (secondary N) is 2. The average molecular weight is 271 g/mol. The lowest BCUT2D eigenvalue weighted by Crippen LogP contribution is -2.22. The van der Waals surface area contributed by atoms with Gasteiger partial charge in [-0.3, -0.25) is 4.79 Å². The van der Waals surface area contributed by atoms with Crippen LogP contribution in [0.2, 0.25) is 0 Å². The maximum absolute atomic E-state index is 12.1.